The number of H-pyrrole nitrogens is 1. The van der Waals surface area contributed by atoms with Gasteiger partial charge in [-0.15, -0.1) is 0 Å². The van der Waals surface area contributed by atoms with Crippen LogP contribution in [0, 0.1) is 0 Å². The summed E-state index contributed by atoms with van der Waals surface area (Å²) in [5.41, 5.74) is 1.56. The highest BCUT2D eigenvalue weighted by Crippen LogP contribution is 2.21. The van der Waals surface area contributed by atoms with E-state index in [9.17, 15) is 19.5 Å². The van der Waals surface area contributed by atoms with E-state index in [1.54, 1.807) is 24.3 Å². The average molecular weight is 353 g/mol. The molecule has 0 radical (unpaired) electrons. The highest BCUT2D eigenvalue weighted by atomic mass is 16.4. The van der Waals surface area contributed by atoms with Gasteiger partial charge >= 0.3 is 5.97 Å². The van der Waals surface area contributed by atoms with E-state index in [0.717, 1.165) is 0 Å². The van der Waals surface area contributed by atoms with Gasteiger partial charge in [0.05, 0.1) is 41.5 Å². The molecule has 1 aliphatic heterocycles. The molecule has 0 saturated heterocycles. The van der Waals surface area contributed by atoms with Crippen LogP contribution in [0.5, 0.6) is 0 Å². The molecule has 1 amide bonds. The van der Waals surface area contributed by atoms with Gasteiger partial charge in [-0.3, -0.25) is 14.2 Å². The molecule has 3 aromatic rings. The topological polar surface area (TPSA) is 121 Å². The zero-order valence-electron chi connectivity index (χ0n) is 13.6. The maximum atomic E-state index is 12.7. The van der Waals surface area contributed by atoms with E-state index in [2.05, 4.69) is 15.0 Å². The molecule has 2 aromatic heterocycles. The molecule has 1 aliphatic rings. The number of hydrogen-bond acceptors (Lipinski definition) is 5. The molecule has 9 nitrogen and oxygen atoms in total. The number of nitrogens with zero attached hydrogens (tertiary/aromatic N) is 4. The number of carboxylic acids is 1. The Balaban J connectivity index is 1.64. The first-order valence-corrected chi connectivity index (χ1v) is 8.02. The van der Waals surface area contributed by atoms with Gasteiger partial charge in [0, 0.05) is 6.42 Å². The van der Waals surface area contributed by atoms with Crippen molar-refractivity contribution in [3.63, 3.8) is 0 Å². The molecule has 2 N–H and O–H groups in total. The van der Waals surface area contributed by atoms with Gasteiger partial charge in [0.1, 0.15) is 12.6 Å². The number of carboxylic acid groups (broad SMARTS) is 1. The monoisotopic (exact) mass is 353 g/mol. The molecular formula is C17H15N5O4. The van der Waals surface area contributed by atoms with Crippen LogP contribution < -0.4 is 5.56 Å². The lowest BCUT2D eigenvalue weighted by Crippen LogP contribution is -2.50. The molecular weight excluding hydrogens is 338 g/mol. The van der Waals surface area contributed by atoms with Gasteiger partial charge in [0.15, 0.2) is 0 Å². The van der Waals surface area contributed by atoms with Crippen molar-refractivity contribution in [3.8, 4) is 0 Å². The summed E-state index contributed by atoms with van der Waals surface area (Å²) in [6.45, 7) is -0.162. The third-order valence-electron chi connectivity index (χ3n) is 4.54. The van der Waals surface area contributed by atoms with E-state index in [0.29, 0.717) is 22.3 Å². The average Bonchev–Trinajstić information content (AvgIpc) is 3.10. The first-order valence-electron chi connectivity index (χ1n) is 8.02. The van der Waals surface area contributed by atoms with Crippen molar-refractivity contribution in [1.29, 1.82) is 0 Å². The number of aromatic amines is 1. The molecule has 0 bridgehead atoms. The summed E-state index contributed by atoms with van der Waals surface area (Å²) in [7, 11) is 0. The molecule has 0 unspecified atom stereocenters. The molecule has 1 aromatic carbocycles. The number of imidazole rings is 1. The van der Waals surface area contributed by atoms with Gasteiger partial charge in [0.25, 0.3) is 5.56 Å². The second kappa shape index (κ2) is 6.10. The van der Waals surface area contributed by atoms with Crippen molar-refractivity contribution in [2.75, 3.05) is 0 Å². The summed E-state index contributed by atoms with van der Waals surface area (Å²) in [5.74, 6) is -1.56. The summed E-state index contributed by atoms with van der Waals surface area (Å²) < 4.78 is 1.20. The van der Waals surface area contributed by atoms with Crippen LogP contribution in [0.2, 0.25) is 0 Å². The molecule has 0 fully saturated rings. The van der Waals surface area contributed by atoms with E-state index in [1.807, 2.05) is 0 Å². The summed E-state index contributed by atoms with van der Waals surface area (Å²) in [6, 6.07) is 5.85. The summed E-state index contributed by atoms with van der Waals surface area (Å²) in [4.78, 5) is 49.3. The molecule has 0 saturated carbocycles. The predicted octanol–water partition coefficient (Wildman–Crippen LogP) is 0.158. The van der Waals surface area contributed by atoms with Crippen LogP contribution in [0.15, 0.2) is 41.7 Å². The molecule has 132 valence electrons. The third-order valence-corrected chi connectivity index (χ3v) is 4.54. The van der Waals surface area contributed by atoms with E-state index < -0.39 is 17.9 Å². The fourth-order valence-corrected chi connectivity index (χ4v) is 3.17. The van der Waals surface area contributed by atoms with Crippen LogP contribution in [0.4, 0.5) is 0 Å². The Kier molecular flexibility index (Phi) is 3.76. The van der Waals surface area contributed by atoms with E-state index in [1.165, 1.54) is 22.1 Å². The molecule has 0 spiro atoms. The Labute approximate surface area is 146 Å². The lowest BCUT2D eigenvalue weighted by atomic mass is 10.0. The molecule has 0 aliphatic carbocycles. The van der Waals surface area contributed by atoms with Crippen LogP contribution in [0.3, 0.4) is 0 Å². The van der Waals surface area contributed by atoms with Gasteiger partial charge in [-0.2, -0.15) is 0 Å². The maximum Gasteiger partial charge on any atom is 0.326 e. The van der Waals surface area contributed by atoms with Crippen molar-refractivity contribution in [2.24, 2.45) is 0 Å². The van der Waals surface area contributed by atoms with Crippen LogP contribution >= 0.6 is 0 Å². The largest absolute Gasteiger partial charge is 0.480 e. The van der Waals surface area contributed by atoms with Crippen molar-refractivity contribution in [3.05, 3.63) is 58.7 Å². The number of nitrogens with one attached hydrogen (secondary N) is 1. The van der Waals surface area contributed by atoms with Crippen molar-refractivity contribution in [2.45, 2.75) is 25.6 Å². The Bertz CT molecular complexity index is 1070. The SMILES string of the molecule is O=C(O)[C@@H]1Cc2nc[nH]c2CN1C(=O)Cn1cnc2ccccc2c1=O. The van der Waals surface area contributed by atoms with Crippen molar-refractivity contribution < 1.29 is 14.7 Å². The lowest BCUT2D eigenvalue weighted by Gasteiger charge is -2.32. The zero-order chi connectivity index (χ0) is 18.3. The van der Waals surface area contributed by atoms with Crippen molar-refractivity contribution >= 4 is 22.8 Å². The molecule has 3 heterocycles. The Morgan fingerprint density at radius 3 is 2.88 bits per heavy atom. The number of hydrogen-bond donors (Lipinski definition) is 2. The molecule has 1 atom stereocenters. The fourth-order valence-electron chi connectivity index (χ4n) is 3.17. The summed E-state index contributed by atoms with van der Waals surface area (Å²) >= 11 is 0. The number of para-hydroxylation sites is 1. The zero-order valence-corrected chi connectivity index (χ0v) is 13.6. The number of carbonyl (C=O) groups is 2. The molecule has 26 heavy (non-hydrogen) atoms. The van der Waals surface area contributed by atoms with Gasteiger partial charge in [-0.1, -0.05) is 12.1 Å². The smallest absolute Gasteiger partial charge is 0.326 e. The minimum atomic E-state index is -1.10. The van der Waals surface area contributed by atoms with Gasteiger partial charge in [-0.05, 0) is 12.1 Å². The number of rotatable bonds is 3. The van der Waals surface area contributed by atoms with Gasteiger partial charge in [0.2, 0.25) is 5.91 Å². The minimum absolute atomic E-state index is 0.112. The summed E-state index contributed by atoms with van der Waals surface area (Å²) in [6.07, 6.45) is 2.92. The second-order valence-corrected chi connectivity index (χ2v) is 6.10. The number of aromatic nitrogens is 4. The van der Waals surface area contributed by atoms with Crippen LogP contribution in [-0.2, 0) is 29.1 Å². The van der Waals surface area contributed by atoms with Crippen molar-refractivity contribution in [1.82, 2.24) is 24.4 Å². The number of fused-ring (bicyclic) bond motifs is 2. The third kappa shape index (κ3) is 2.63. The van der Waals surface area contributed by atoms with Crippen LogP contribution in [0.25, 0.3) is 10.9 Å². The van der Waals surface area contributed by atoms with Crippen LogP contribution in [-0.4, -0.2) is 47.4 Å². The first kappa shape index (κ1) is 16.0. The fraction of sp³-hybridized carbons (Fsp3) is 0.235. The normalized spacial score (nSPS) is 16.5. The number of carbonyl (C=O) groups excluding carboxylic acids is 1. The highest BCUT2D eigenvalue weighted by molar-refractivity contribution is 5.84. The van der Waals surface area contributed by atoms with E-state index in [-0.39, 0.29) is 25.1 Å². The van der Waals surface area contributed by atoms with Gasteiger partial charge < -0.3 is 15.0 Å². The van der Waals surface area contributed by atoms with E-state index >= 15 is 0 Å². The maximum absolute atomic E-state index is 12.7. The second-order valence-electron chi connectivity index (χ2n) is 6.10. The van der Waals surface area contributed by atoms with Gasteiger partial charge in [-0.25, -0.2) is 14.8 Å². The molecule has 4 rings (SSSR count). The lowest BCUT2D eigenvalue weighted by molar-refractivity contribution is -0.151. The summed E-state index contributed by atoms with van der Waals surface area (Å²) in [5, 5.41) is 9.88. The van der Waals surface area contributed by atoms with Crippen LogP contribution in [0.1, 0.15) is 11.4 Å². The van der Waals surface area contributed by atoms with E-state index in [4.69, 9.17) is 0 Å². The number of aliphatic carboxylic acids is 1. The number of amides is 1. The number of benzene rings is 1. The predicted molar refractivity (Wildman–Crippen MR) is 90.3 cm³/mol. The minimum Gasteiger partial charge on any atom is -0.480 e. The first-order chi connectivity index (χ1) is 12.5. The Morgan fingerprint density at radius 1 is 1.27 bits per heavy atom. The molecule has 9 heteroatoms. The Hall–Kier alpha value is -3.49. The quantitative estimate of drug-likeness (QED) is 0.692. The standard InChI is InChI=1S/C17H15N5O4/c23-15(7-21-9-20-11-4-2-1-3-10(11)16(21)24)22-6-13-12(18-8-19-13)5-14(22)17(25)26/h1-4,8-9,14H,5-7H2,(H,18,19)(H,25,26)/t14-/m0/s1. The Morgan fingerprint density at radius 2 is 2.08 bits per heavy atom. The highest BCUT2D eigenvalue weighted by Gasteiger charge is 2.35.